The average Bonchev–Trinajstić information content (AvgIpc) is 3.34. The first-order chi connectivity index (χ1) is 26.2. The molecule has 0 fully saturated rings. The van der Waals surface area contributed by atoms with Crippen molar-refractivity contribution in [3.8, 4) is 11.3 Å². The van der Waals surface area contributed by atoms with Crippen molar-refractivity contribution in [3.05, 3.63) is 135 Å². The number of benzene rings is 3. The number of nitro groups is 1. The Morgan fingerprint density at radius 3 is 2.25 bits per heavy atom. The highest BCUT2D eigenvalue weighted by Crippen LogP contribution is 2.51. The largest absolute Gasteiger partial charge is 0.460 e. The zero-order valence-electron chi connectivity index (χ0n) is 32.6. The molecular weight excluding hydrogens is 755 g/mol. The first kappa shape index (κ1) is 42.3. The number of fused-ring (bicyclic) bond motifs is 2. The maximum atomic E-state index is 12.1. The fraction of sp³-hybridized carbons (Fsp3) is 0.357. The topological polar surface area (TPSA) is 171 Å². The number of anilines is 1. The summed E-state index contributed by atoms with van der Waals surface area (Å²) in [6.45, 7) is 13.9. The first-order valence-electron chi connectivity index (χ1n) is 18.5. The molecule has 2 heterocycles. The van der Waals surface area contributed by atoms with Crippen LogP contribution in [0.2, 0.25) is 0 Å². The normalized spacial score (nSPS) is 17.7. The van der Waals surface area contributed by atoms with Gasteiger partial charge in [-0.25, -0.2) is 4.58 Å². The molecule has 1 unspecified atom stereocenters. The van der Waals surface area contributed by atoms with Crippen LogP contribution in [0.1, 0.15) is 83.3 Å². The second kappa shape index (κ2) is 16.7. The van der Waals surface area contributed by atoms with Gasteiger partial charge in [0.15, 0.2) is 6.54 Å². The van der Waals surface area contributed by atoms with E-state index >= 15 is 0 Å². The van der Waals surface area contributed by atoms with Crippen molar-refractivity contribution in [3.63, 3.8) is 0 Å². The highest BCUT2D eigenvalue weighted by Gasteiger charge is 2.43. The van der Waals surface area contributed by atoms with Gasteiger partial charge in [-0.15, -0.1) is 0 Å². The van der Waals surface area contributed by atoms with Gasteiger partial charge in [0.2, 0.25) is 5.36 Å². The smallest absolute Gasteiger partial charge is 0.294 e. The molecule has 298 valence electrons. The predicted molar refractivity (Wildman–Crippen MR) is 220 cm³/mol. The van der Waals surface area contributed by atoms with Crippen molar-refractivity contribution in [1.82, 2.24) is 4.58 Å². The maximum Gasteiger partial charge on any atom is 0.294 e. The molecule has 0 saturated heterocycles. The van der Waals surface area contributed by atoms with Crippen molar-refractivity contribution in [2.75, 3.05) is 23.7 Å². The third-order valence-electron chi connectivity index (χ3n) is 10.1. The van der Waals surface area contributed by atoms with E-state index in [1.165, 1.54) is 24.3 Å². The molecule has 3 aliphatic rings. The molecule has 0 spiro atoms. The molecule has 2 aromatic carbocycles. The minimum absolute atomic E-state index is 0.0507. The Labute approximate surface area is 329 Å². The van der Waals surface area contributed by atoms with Gasteiger partial charge in [-0.1, -0.05) is 58.4 Å². The lowest BCUT2D eigenvalue weighted by molar-refractivity contribution is -0.384. The van der Waals surface area contributed by atoms with Gasteiger partial charge in [0, 0.05) is 58.1 Å². The first-order valence-corrected chi connectivity index (χ1v) is 21.6. The monoisotopic (exact) mass is 804 g/mol. The van der Waals surface area contributed by atoms with Crippen LogP contribution in [-0.4, -0.2) is 49.7 Å². The number of non-ortho nitro benzene ring substituents is 1. The zero-order chi connectivity index (χ0) is 41.1. The summed E-state index contributed by atoms with van der Waals surface area (Å²) in [6.07, 6.45) is 11.2. The second-order valence-corrected chi connectivity index (χ2v) is 18.3. The molecule has 0 bridgehead atoms. The highest BCUT2D eigenvalue weighted by molar-refractivity contribution is 7.86. The van der Waals surface area contributed by atoms with Crippen LogP contribution < -0.4 is 14.8 Å². The average molecular weight is 805 g/mol. The van der Waals surface area contributed by atoms with Crippen LogP contribution in [0, 0.1) is 10.1 Å². The van der Waals surface area contributed by atoms with E-state index in [0.717, 1.165) is 39.9 Å². The van der Waals surface area contributed by atoms with Crippen LogP contribution in [0.15, 0.2) is 106 Å². The fourth-order valence-corrected chi connectivity index (χ4v) is 8.21. The van der Waals surface area contributed by atoms with E-state index in [9.17, 15) is 36.1 Å². The molecule has 14 heteroatoms. The number of allylic oxidation sites excluding steroid dienone is 5. The van der Waals surface area contributed by atoms with E-state index in [1.807, 2.05) is 73.4 Å². The van der Waals surface area contributed by atoms with E-state index in [1.54, 1.807) is 18.2 Å². The summed E-state index contributed by atoms with van der Waals surface area (Å²) in [6, 6.07) is 19.1. The van der Waals surface area contributed by atoms with Crippen molar-refractivity contribution >= 4 is 37.7 Å². The third-order valence-corrected chi connectivity index (χ3v) is 11.7. The highest BCUT2D eigenvalue weighted by atomic mass is 32.2. The Morgan fingerprint density at radius 2 is 1.64 bits per heavy atom. The number of nitro benzene ring substituents is 1. The van der Waals surface area contributed by atoms with E-state index < -0.39 is 36.3 Å². The summed E-state index contributed by atoms with van der Waals surface area (Å²) in [4.78, 5) is 12.5. The van der Waals surface area contributed by atoms with Gasteiger partial charge in [-0.3, -0.25) is 19.2 Å². The molecule has 0 aromatic heterocycles. The third kappa shape index (κ3) is 9.73. The number of rotatable bonds is 14. The van der Waals surface area contributed by atoms with Crippen molar-refractivity contribution in [2.24, 2.45) is 0 Å². The number of hydrogen-bond donors (Lipinski definition) is 2. The molecule has 2 aromatic rings. The molecule has 2 aliphatic heterocycles. The Balaban J connectivity index is 1.52. The van der Waals surface area contributed by atoms with Gasteiger partial charge < -0.3 is 9.32 Å². The summed E-state index contributed by atoms with van der Waals surface area (Å²) in [5.41, 5.74) is 4.18. The lowest BCUT2D eigenvalue weighted by Gasteiger charge is -2.30. The summed E-state index contributed by atoms with van der Waals surface area (Å²) in [7, 11) is -8.65. The standard InChI is InChI=1S/C42H49N3O9S2/c1-7-23-42(6)36-28-34(56(51,52)53)20-22-37(36)44(24-12-25-55(48,49)50)39(42)14-11-9-10-13-31-26-40(41(3,4)5)54-38-27-33(19-21-35(31)38)43(8-2)29-30-15-17-32(18-16-30)45(46)47/h9-11,13-22,26-28H,7-8,12,23-25,29H2,1-6H3,(H-,48,49,50,51,52,53)/p+1. The maximum absolute atomic E-state index is 12.1. The Bertz CT molecular complexity index is 2460. The molecule has 0 saturated carbocycles. The predicted octanol–water partition coefficient (Wildman–Crippen LogP) is 8.14. The molecule has 5 rings (SSSR count). The van der Waals surface area contributed by atoms with Gasteiger partial charge in [-0.05, 0) is 86.4 Å². The quantitative estimate of drug-likeness (QED) is 0.0417. The van der Waals surface area contributed by atoms with E-state index in [-0.39, 0.29) is 29.0 Å². The molecule has 2 N–H and O–H groups in total. The molecule has 1 atom stereocenters. The van der Waals surface area contributed by atoms with Gasteiger partial charge in [-0.2, -0.15) is 16.8 Å². The van der Waals surface area contributed by atoms with E-state index in [2.05, 4.69) is 32.3 Å². The minimum atomic E-state index is -4.47. The van der Waals surface area contributed by atoms with Gasteiger partial charge in [0.05, 0.1) is 21.6 Å². The van der Waals surface area contributed by atoms with Crippen molar-refractivity contribution in [1.29, 1.82) is 0 Å². The van der Waals surface area contributed by atoms with Crippen LogP contribution >= 0.6 is 0 Å². The van der Waals surface area contributed by atoms with E-state index in [4.69, 9.17) is 4.42 Å². The molecule has 0 radical (unpaired) electrons. The SMILES string of the molecule is CCCC1(C)\C(=C/C=C/C=C/c2cc(C(C)(C)C)oc3cc(=[N+](CC)Cc4ccc([N+](=O)[O-])cc4)ccc2-3)N(CCCS(=O)(=O)O)c2ccc(S(=O)(=O)O)cc21. The lowest BCUT2D eigenvalue weighted by atomic mass is 9.77. The summed E-state index contributed by atoms with van der Waals surface area (Å²) in [5, 5.41) is 12.1. The number of nitrogens with zero attached hydrogens (tertiary/aromatic N) is 3. The van der Waals surface area contributed by atoms with Gasteiger partial charge in [0.1, 0.15) is 18.1 Å². The number of hydrogen-bond acceptors (Lipinski definition) is 8. The molecule has 1 aliphatic carbocycles. The fourth-order valence-electron chi connectivity index (χ4n) is 7.21. The Kier molecular flexibility index (Phi) is 12.6. The van der Waals surface area contributed by atoms with Crippen molar-refractivity contribution in [2.45, 2.75) is 83.1 Å². The Morgan fingerprint density at radius 1 is 0.929 bits per heavy atom. The van der Waals surface area contributed by atoms with Crippen LogP contribution in [-0.2, 0) is 37.6 Å². The molecular formula is C42H50N3O9S2+. The molecule has 56 heavy (non-hydrogen) atoms. The molecule has 0 amide bonds. The summed E-state index contributed by atoms with van der Waals surface area (Å²) >= 11 is 0. The second-order valence-electron chi connectivity index (χ2n) is 15.3. The van der Waals surface area contributed by atoms with Crippen LogP contribution in [0.25, 0.3) is 17.4 Å². The van der Waals surface area contributed by atoms with Gasteiger partial charge in [0.25, 0.3) is 25.9 Å². The minimum Gasteiger partial charge on any atom is -0.460 e. The van der Waals surface area contributed by atoms with E-state index in [0.29, 0.717) is 36.5 Å². The lowest BCUT2D eigenvalue weighted by Crippen LogP contribution is -2.30. The van der Waals surface area contributed by atoms with Crippen LogP contribution in [0.4, 0.5) is 11.4 Å². The van der Waals surface area contributed by atoms with Crippen LogP contribution in [0.5, 0.6) is 0 Å². The van der Waals surface area contributed by atoms with Crippen molar-refractivity contribution < 1.29 is 35.3 Å². The summed E-state index contributed by atoms with van der Waals surface area (Å²) in [5.74, 6) is 1.09. The van der Waals surface area contributed by atoms with Gasteiger partial charge >= 0.3 is 0 Å². The Hall–Kier alpha value is -4.89. The van der Waals surface area contributed by atoms with Crippen LogP contribution in [0.3, 0.4) is 0 Å². The molecule has 12 nitrogen and oxygen atoms in total. The zero-order valence-corrected chi connectivity index (χ0v) is 34.2. The summed E-state index contributed by atoms with van der Waals surface area (Å²) < 4.78 is 75.3.